The van der Waals surface area contributed by atoms with E-state index in [4.69, 9.17) is 21.6 Å². The summed E-state index contributed by atoms with van der Waals surface area (Å²) in [6.45, 7) is 5.32. The van der Waals surface area contributed by atoms with Gasteiger partial charge in [0.2, 0.25) is 0 Å². The molecule has 0 unspecified atom stereocenters. The molecule has 0 spiro atoms. The van der Waals surface area contributed by atoms with Gasteiger partial charge in [-0.3, -0.25) is 4.79 Å². The predicted octanol–water partition coefficient (Wildman–Crippen LogP) is 1.57. The average molecular weight is 618 g/mol. The Labute approximate surface area is 221 Å². The molecule has 1 saturated heterocycles. The van der Waals surface area contributed by atoms with Crippen molar-refractivity contribution in [3.63, 3.8) is 0 Å². The molecule has 7 nitrogen and oxygen atoms in total. The summed E-state index contributed by atoms with van der Waals surface area (Å²) >= 11 is 7.87. The minimum atomic E-state index is -0.106. The van der Waals surface area contributed by atoms with Crippen LogP contribution >= 0.6 is 22.9 Å². The van der Waals surface area contributed by atoms with Gasteiger partial charge in [0.1, 0.15) is 4.70 Å². The monoisotopic (exact) mass is 617 g/mol. The third-order valence-corrected chi connectivity index (χ3v) is 10.4. The molecular weight excluding hydrogens is 595 g/mol. The first-order chi connectivity index (χ1) is 17.1. The SMILES string of the molecule is Cc1nc2cc(-n3cnc4cc(-c5ccc(Cl)cc5)sc4c3=O)cnc2n1CCCN1CC[I-]C1. The number of pyridine rings is 1. The number of alkyl halides is 2. The maximum atomic E-state index is 13.4. The molecule has 1 fully saturated rings. The molecule has 0 aliphatic carbocycles. The Kier molecular flexibility index (Phi) is 6.34. The number of nitrogens with zero attached hydrogens (tertiary/aromatic N) is 6. The minimum absolute atomic E-state index is 0.106. The van der Waals surface area contributed by atoms with Gasteiger partial charge in [-0.2, -0.15) is 0 Å². The van der Waals surface area contributed by atoms with Gasteiger partial charge in [0.15, 0.2) is 0 Å². The van der Waals surface area contributed by atoms with E-state index in [-0.39, 0.29) is 5.56 Å². The number of halogens is 2. The third-order valence-electron chi connectivity index (χ3n) is 6.25. The second-order valence-electron chi connectivity index (χ2n) is 8.57. The van der Waals surface area contributed by atoms with Crippen molar-refractivity contribution in [2.45, 2.75) is 19.9 Å². The van der Waals surface area contributed by atoms with E-state index in [1.165, 1.54) is 26.9 Å². The summed E-state index contributed by atoms with van der Waals surface area (Å²) in [7, 11) is 0. The van der Waals surface area contributed by atoms with Gasteiger partial charge in [-0.1, -0.05) is 23.7 Å². The van der Waals surface area contributed by atoms with Crippen LogP contribution in [0.1, 0.15) is 12.2 Å². The fourth-order valence-corrected chi connectivity index (χ4v) is 8.31. The average Bonchev–Trinajstić information content (AvgIpc) is 3.59. The Morgan fingerprint density at radius 3 is 2.77 bits per heavy atom. The van der Waals surface area contributed by atoms with E-state index in [1.54, 1.807) is 17.1 Å². The molecule has 1 aliphatic heterocycles. The van der Waals surface area contributed by atoms with Crippen LogP contribution in [0, 0.1) is 6.92 Å². The molecule has 6 rings (SSSR count). The van der Waals surface area contributed by atoms with Crippen molar-refractivity contribution in [1.82, 2.24) is 29.0 Å². The Bertz CT molecular complexity index is 1590. The van der Waals surface area contributed by atoms with Crippen molar-refractivity contribution >= 4 is 44.3 Å². The van der Waals surface area contributed by atoms with Crippen LogP contribution in [0.2, 0.25) is 5.02 Å². The van der Waals surface area contributed by atoms with Crippen LogP contribution < -0.4 is 26.8 Å². The molecule has 0 saturated carbocycles. The van der Waals surface area contributed by atoms with Crippen LogP contribution in [0.5, 0.6) is 0 Å². The van der Waals surface area contributed by atoms with Gasteiger partial charge in [-0.15, -0.1) is 11.3 Å². The molecular formula is C25H23ClIN6OS-. The van der Waals surface area contributed by atoms with E-state index >= 15 is 0 Å². The molecule has 5 heterocycles. The molecule has 0 radical (unpaired) electrons. The van der Waals surface area contributed by atoms with Crippen molar-refractivity contribution in [3.8, 4) is 16.1 Å². The van der Waals surface area contributed by atoms with E-state index in [0.29, 0.717) is 42.1 Å². The maximum absolute atomic E-state index is 13.4. The number of hydrogen-bond acceptors (Lipinski definition) is 6. The number of fused-ring (bicyclic) bond motifs is 2. The summed E-state index contributed by atoms with van der Waals surface area (Å²) in [5.41, 5.74) is 3.93. The van der Waals surface area contributed by atoms with Crippen molar-refractivity contribution in [1.29, 1.82) is 0 Å². The quantitative estimate of drug-likeness (QED) is 0.165. The van der Waals surface area contributed by atoms with Crippen LogP contribution in [0.3, 0.4) is 0 Å². The first-order valence-electron chi connectivity index (χ1n) is 11.4. The van der Waals surface area contributed by atoms with Gasteiger partial charge in [-0.05, 0) is 23.8 Å². The zero-order chi connectivity index (χ0) is 23.9. The number of aryl methyl sites for hydroxylation is 2. The summed E-state index contributed by atoms with van der Waals surface area (Å²) in [6.07, 6.45) is 4.41. The molecule has 1 aromatic carbocycles. The van der Waals surface area contributed by atoms with E-state index in [1.807, 2.05) is 43.3 Å². The normalized spacial score (nSPS) is 14.7. The molecule has 180 valence electrons. The van der Waals surface area contributed by atoms with E-state index in [9.17, 15) is 4.79 Å². The van der Waals surface area contributed by atoms with Crippen LogP contribution in [0.4, 0.5) is 0 Å². The third kappa shape index (κ3) is 4.50. The van der Waals surface area contributed by atoms with Crippen molar-refractivity contribution in [2.24, 2.45) is 0 Å². The summed E-state index contributed by atoms with van der Waals surface area (Å²) in [5.74, 6) is 0.949. The second kappa shape index (κ2) is 9.61. The summed E-state index contributed by atoms with van der Waals surface area (Å²) in [6, 6.07) is 11.5. The summed E-state index contributed by atoms with van der Waals surface area (Å²) < 4.78 is 7.10. The fraction of sp³-hybridized carbons (Fsp3) is 0.280. The topological polar surface area (TPSA) is 68.8 Å². The Morgan fingerprint density at radius 2 is 1.97 bits per heavy atom. The number of hydrogen-bond donors (Lipinski definition) is 0. The van der Waals surface area contributed by atoms with Crippen LogP contribution in [-0.2, 0) is 6.54 Å². The number of benzene rings is 1. The molecule has 4 aromatic heterocycles. The van der Waals surface area contributed by atoms with Gasteiger partial charge in [-0.25, -0.2) is 4.98 Å². The van der Waals surface area contributed by atoms with Crippen LogP contribution in [-0.4, -0.2) is 51.1 Å². The van der Waals surface area contributed by atoms with Crippen molar-refractivity contribution in [2.75, 3.05) is 22.1 Å². The van der Waals surface area contributed by atoms with Crippen molar-refractivity contribution in [3.05, 3.63) is 70.1 Å². The van der Waals surface area contributed by atoms with Crippen molar-refractivity contribution < 1.29 is 21.2 Å². The number of thiophene rings is 1. The second-order valence-corrected chi connectivity index (χ2v) is 12.9. The number of aromatic nitrogens is 5. The fourth-order valence-electron chi connectivity index (χ4n) is 4.41. The molecule has 5 aromatic rings. The summed E-state index contributed by atoms with van der Waals surface area (Å²) in [4.78, 5) is 30.9. The Hall–Kier alpha value is -2.34. The van der Waals surface area contributed by atoms with E-state index in [0.717, 1.165) is 46.9 Å². The van der Waals surface area contributed by atoms with Gasteiger partial charge < -0.3 is 0 Å². The molecule has 0 bridgehead atoms. The molecule has 0 amide bonds. The zero-order valence-electron chi connectivity index (χ0n) is 19.1. The van der Waals surface area contributed by atoms with Crippen LogP contribution in [0.15, 0.2) is 53.7 Å². The molecule has 1 aliphatic rings. The predicted molar refractivity (Wildman–Crippen MR) is 137 cm³/mol. The Balaban J connectivity index is 1.30. The molecule has 35 heavy (non-hydrogen) atoms. The van der Waals surface area contributed by atoms with Gasteiger partial charge in [0.25, 0.3) is 0 Å². The summed E-state index contributed by atoms with van der Waals surface area (Å²) in [5, 5.41) is 0.684. The van der Waals surface area contributed by atoms with Gasteiger partial charge in [0.05, 0.1) is 5.52 Å². The van der Waals surface area contributed by atoms with Gasteiger partial charge in [0, 0.05) is 9.90 Å². The van der Waals surface area contributed by atoms with Gasteiger partial charge >= 0.3 is 134 Å². The first-order valence-corrected chi connectivity index (χ1v) is 15.7. The zero-order valence-corrected chi connectivity index (χ0v) is 22.8. The number of rotatable bonds is 6. The van der Waals surface area contributed by atoms with E-state index < -0.39 is 0 Å². The molecule has 10 heteroatoms. The standard InChI is InChI=1S/C25H23ClIN6OS/c1-16-30-21-11-19(13-28-24(21)32(16)9-2-8-31-10-7-27-14-31)33-15-29-20-12-22(35-23(20)25(33)34)17-3-5-18(26)6-4-17/h3-6,11-13,15H,2,7-10,14H2,1H3/q-1. The molecule has 0 atom stereocenters. The Morgan fingerprint density at radius 1 is 1.11 bits per heavy atom. The number of imidazole rings is 1. The van der Waals surface area contributed by atoms with Crippen LogP contribution in [0.25, 0.3) is 37.5 Å². The first kappa shape index (κ1) is 23.1. The molecule has 0 N–H and O–H groups in total. The van der Waals surface area contributed by atoms with E-state index in [2.05, 4.69) is 14.5 Å².